The molecule has 3 nitrogen and oxygen atoms in total. The predicted molar refractivity (Wildman–Crippen MR) is 76.4 cm³/mol. The third-order valence-electron chi connectivity index (χ3n) is 2.75. The van der Waals surface area contributed by atoms with Crippen LogP contribution in [0.25, 0.3) is 6.08 Å². The summed E-state index contributed by atoms with van der Waals surface area (Å²) in [4.78, 5) is 13.4. The van der Waals surface area contributed by atoms with E-state index in [9.17, 15) is 4.79 Å². The Kier molecular flexibility index (Phi) is 4.56. The quantitative estimate of drug-likeness (QED) is 0.825. The Hall–Kier alpha value is -2.29. The summed E-state index contributed by atoms with van der Waals surface area (Å²) in [7, 11) is 0. The molecule has 0 saturated carbocycles. The minimum Gasteiger partial charge on any atom is -0.449 e. The molecule has 0 saturated heterocycles. The van der Waals surface area contributed by atoms with Crippen molar-refractivity contribution < 1.29 is 9.53 Å². The van der Waals surface area contributed by atoms with Crippen LogP contribution in [0.5, 0.6) is 0 Å². The first-order valence-corrected chi connectivity index (χ1v) is 6.34. The summed E-state index contributed by atoms with van der Waals surface area (Å²) in [5, 5.41) is 0. The lowest BCUT2D eigenvalue weighted by Gasteiger charge is -2.25. The second kappa shape index (κ2) is 6.59. The van der Waals surface area contributed by atoms with Gasteiger partial charge in [0.25, 0.3) is 0 Å². The van der Waals surface area contributed by atoms with Gasteiger partial charge in [-0.1, -0.05) is 54.6 Å². The summed E-state index contributed by atoms with van der Waals surface area (Å²) < 4.78 is 5.03. The van der Waals surface area contributed by atoms with Crippen LogP contribution in [0.1, 0.15) is 12.5 Å². The van der Waals surface area contributed by atoms with Crippen molar-refractivity contribution in [2.75, 3.05) is 6.61 Å². The summed E-state index contributed by atoms with van der Waals surface area (Å²) in [5.41, 5.74) is 1.11. The van der Waals surface area contributed by atoms with Crippen LogP contribution < -0.4 is 0 Å². The Balaban J connectivity index is 2.09. The highest BCUT2D eigenvalue weighted by molar-refractivity contribution is 5.71. The third kappa shape index (κ3) is 3.58. The second-order valence-electron chi connectivity index (χ2n) is 4.09. The Morgan fingerprint density at radius 2 is 2.11 bits per heavy atom. The number of nitrogens with zero attached hydrogens (tertiary/aromatic N) is 1. The molecule has 0 aliphatic carbocycles. The zero-order chi connectivity index (χ0) is 13.5. The van der Waals surface area contributed by atoms with Gasteiger partial charge < -0.3 is 4.74 Å². The predicted octanol–water partition coefficient (Wildman–Crippen LogP) is 3.61. The number of rotatable bonds is 3. The molecule has 2 rings (SSSR count). The maximum atomic E-state index is 11.8. The smallest absolute Gasteiger partial charge is 0.414 e. The molecular formula is C16H17NO2. The van der Waals surface area contributed by atoms with E-state index in [0.29, 0.717) is 6.61 Å². The first-order valence-electron chi connectivity index (χ1n) is 6.34. The Labute approximate surface area is 113 Å². The molecule has 1 aliphatic rings. The molecule has 1 atom stereocenters. The molecule has 0 aromatic heterocycles. The molecule has 1 amide bonds. The monoisotopic (exact) mass is 255 g/mol. The van der Waals surface area contributed by atoms with Crippen LogP contribution in [0, 0.1) is 0 Å². The standard InChI is InChI=1S/C16H17NO2/c1-2-19-16(18)17-13-7-6-10-15(17)12-11-14-8-4-3-5-9-14/h3-13,15H,2H2,1H3/b12-11+. The van der Waals surface area contributed by atoms with Gasteiger partial charge in [-0.2, -0.15) is 0 Å². The van der Waals surface area contributed by atoms with Gasteiger partial charge in [-0.15, -0.1) is 0 Å². The van der Waals surface area contributed by atoms with E-state index < -0.39 is 0 Å². The number of benzene rings is 1. The normalized spacial score (nSPS) is 17.9. The molecule has 0 bridgehead atoms. The van der Waals surface area contributed by atoms with Crippen molar-refractivity contribution in [2.24, 2.45) is 0 Å². The average Bonchev–Trinajstić information content (AvgIpc) is 2.47. The molecule has 1 aromatic carbocycles. The molecule has 0 N–H and O–H groups in total. The maximum absolute atomic E-state index is 11.8. The van der Waals surface area contributed by atoms with Gasteiger partial charge in [0.1, 0.15) is 0 Å². The number of hydrogen-bond donors (Lipinski definition) is 0. The fraction of sp³-hybridized carbons (Fsp3) is 0.188. The van der Waals surface area contributed by atoms with Gasteiger partial charge in [-0.25, -0.2) is 4.79 Å². The van der Waals surface area contributed by atoms with E-state index in [-0.39, 0.29) is 12.1 Å². The van der Waals surface area contributed by atoms with Crippen LogP contribution >= 0.6 is 0 Å². The summed E-state index contributed by atoms with van der Waals surface area (Å²) in [6.45, 7) is 2.18. The van der Waals surface area contributed by atoms with E-state index in [2.05, 4.69) is 0 Å². The van der Waals surface area contributed by atoms with E-state index >= 15 is 0 Å². The number of carbonyl (C=O) groups excluding carboxylic acids is 1. The molecule has 3 heteroatoms. The lowest BCUT2D eigenvalue weighted by Crippen LogP contribution is -2.35. The van der Waals surface area contributed by atoms with Crippen LogP contribution in [0.15, 0.2) is 60.8 Å². The van der Waals surface area contributed by atoms with Gasteiger partial charge in [0, 0.05) is 6.20 Å². The van der Waals surface area contributed by atoms with Gasteiger partial charge >= 0.3 is 6.09 Å². The molecule has 1 unspecified atom stereocenters. The first-order chi connectivity index (χ1) is 9.31. The number of allylic oxidation sites excluding steroid dienone is 2. The highest BCUT2D eigenvalue weighted by Gasteiger charge is 2.19. The molecule has 98 valence electrons. The van der Waals surface area contributed by atoms with Crippen LogP contribution in [-0.4, -0.2) is 23.6 Å². The first kappa shape index (κ1) is 13.1. The Morgan fingerprint density at radius 3 is 2.84 bits per heavy atom. The Bertz CT molecular complexity index is 503. The lowest BCUT2D eigenvalue weighted by atomic mass is 10.1. The number of ether oxygens (including phenoxy) is 1. The SMILES string of the molecule is CCOC(=O)N1C=CC=CC1/C=C/c1ccccc1. The highest BCUT2D eigenvalue weighted by atomic mass is 16.6. The molecule has 0 fully saturated rings. The summed E-state index contributed by atoms with van der Waals surface area (Å²) in [6, 6.07) is 9.88. The molecule has 1 aliphatic heterocycles. The largest absolute Gasteiger partial charge is 0.449 e. The van der Waals surface area contributed by atoms with Crippen molar-refractivity contribution in [3.05, 3.63) is 66.4 Å². The van der Waals surface area contributed by atoms with Gasteiger partial charge in [-0.05, 0) is 18.6 Å². The lowest BCUT2D eigenvalue weighted by molar-refractivity contribution is 0.119. The van der Waals surface area contributed by atoms with Crippen molar-refractivity contribution in [1.29, 1.82) is 0 Å². The Morgan fingerprint density at radius 1 is 1.32 bits per heavy atom. The molecular weight excluding hydrogens is 238 g/mol. The summed E-state index contributed by atoms with van der Waals surface area (Å²) >= 11 is 0. The highest BCUT2D eigenvalue weighted by Crippen LogP contribution is 2.13. The topological polar surface area (TPSA) is 29.5 Å². The van der Waals surface area contributed by atoms with Crippen molar-refractivity contribution in [3.8, 4) is 0 Å². The van der Waals surface area contributed by atoms with Gasteiger partial charge in [-0.3, -0.25) is 4.90 Å². The zero-order valence-electron chi connectivity index (χ0n) is 10.9. The summed E-state index contributed by atoms with van der Waals surface area (Å²) in [6.07, 6.45) is 11.1. The van der Waals surface area contributed by atoms with Crippen molar-refractivity contribution in [1.82, 2.24) is 4.90 Å². The van der Waals surface area contributed by atoms with E-state index in [1.807, 2.05) is 60.7 Å². The number of carbonyl (C=O) groups is 1. The molecule has 19 heavy (non-hydrogen) atoms. The van der Waals surface area contributed by atoms with E-state index in [4.69, 9.17) is 4.74 Å². The van der Waals surface area contributed by atoms with E-state index in [1.165, 1.54) is 0 Å². The van der Waals surface area contributed by atoms with Crippen molar-refractivity contribution in [2.45, 2.75) is 13.0 Å². The van der Waals surface area contributed by atoms with Crippen LogP contribution in [0.3, 0.4) is 0 Å². The molecule has 0 radical (unpaired) electrons. The molecule has 0 spiro atoms. The number of amides is 1. The molecule has 1 aromatic rings. The maximum Gasteiger partial charge on any atom is 0.414 e. The average molecular weight is 255 g/mol. The second-order valence-corrected chi connectivity index (χ2v) is 4.09. The third-order valence-corrected chi connectivity index (χ3v) is 2.75. The van der Waals surface area contributed by atoms with Crippen LogP contribution in [0.4, 0.5) is 4.79 Å². The zero-order valence-corrected chi connectivity index (χ0v) is 10.9. The van der Waals surface area contributed by atoms with Gasteiger partial charge in [0.05, 0.1) is 12.6 Å². The fourth-order valence-corrected chi connectivity index (χ4v) is 1.82. The van der Waals surface area contributed by atoms with Crippen molar-refractivity contribution in [3.63, 3.8) is 0 Å². The fourth-order valence-electron chi connectivity index (χ4n) is 1.82. The minimum absolute atomic E-state index is 0.107. The van der Waals surface area contributed by atoms with Crippen LogP contribution in [0.2, 0.25) is 0 Å². The molecule has 1 heterocycles. The summed E-state index contributed by atoms with van der Waals surface area (Å²) in [5.74, 6) is 0. The van der Waals surface area contributed by atoms with E-state index in [1.54, 1.807) is 18.0 Å². The van der Waals surface area contributed by atoms with E-state index in [0.717, 1.165) is 5.56 Å². The van der Waals surface area contributed by atoms with Crippen LogP contribution in [-0.2, 0) is 4.74 Å². The van der Waals surface area contributed by atoms with Crippen molar-refractivity contribution >= 4 is 12.2 Å². The van der Waals surface area contributed by atoms with Gasteiger partial charge in [0.2, 0.25) is 0 Å². The minimum atomic E-state index is -0.328. The van der Waals surface area contributed by atoms with Gasteiger partial charge in [0.15, 0.2) is 0 Å². The number of hydrogen-bond acceptors (Lipinski definition) is 2.